The normalized spacial score (nSPS) is 20.7. The summed E-state index contributed by atoms with van der Waals surface area (Å²) in [6, 6.07) is 3.80. The number of nitrogens with zero attached hydrogens (tertiary/aromatic N) is 1. The number of hydrogen-bond donors (Lipinski definition) is 2. The molecule has 1 aliphatic rings. The van der Waals surface area contributed by atoms with Gasteiger partial charge in [0.1, 0.15) is 5.60 Å². The van der Waals surface area contributed by atoms with Crippen molar-refractivity contribution in [3.63, 3.8) is 0 Å². The van der Waals surface area contributed by atoms with Crippen LogP contribution in [0.3, 0.4) is 0 Å². The third kappa shape index (κ3) is 2.68. The van der Waals surface area contributed by atoms with Gasteiger partial charge >= 0.3 is 0 Å². The summed E-state index contributed by atoms with van der Waals surface area (Å²) >= 11 is 1.50. The molecule has 2 rings (SSSR count). The van der Waals surface area contributed by atoms with Crippen LogP contribution >= 0.6 is 11.3 Å². The van der Waals surface area contributed by atoms with E-state index in [1.165, 1.54) is 11.3 Å². The van der Waals surface area contributed by atoms with E-state index in [4.69, 9.17) is 0 Å². The topological polar surface area (TPSA) is 52.6 Å². The molecule has 0 aliphatic heterocycles. The summed E-state index contributed by atoms with van der Waals surface area (Å²) in [5.41, 5.74) is -1.37. The fourth-order valence-electron chi connectivity index (χ4n) is 2.48. The standard InChI is InChI=1S/C14H22N2O2S/c1-13(18,11-6-4-9-19-11)10-15-12(17)14(16(2)3)7-5-8-14/h4,6,9,18H,5,7-8,10H2,1-3H3,(H,15,17). The van der Waals surface area contributed by atoms with Crippen molar-refractivity contribution in [2.24, 2.45) is 0 Å². The highest BCUT2D eigenvalue weighted by Gasteiger charge is 2.46. The van der Waals surface area contributed by atoms with Crippen LogP contribution < -0.4 is 5.32 Å². The van der Waals surface area contributed by atoms with Gasteiger partial charge < -0.3 is 10.4 Å². The maximum atomic E-state index is 12.3. The van der Waals surface area contributed by atoms with Gasteiger partial charge in [-0.25, -0.2) is 0 Å². The summed E-state index contributed by atoms with van der Waals surface area (Å²) in [6.45, 7) is 1.99. The molecule has 5 heteroatoms. The van der Waals surface area contributed by atoms with Crippen LogP contribution in [0.5, 0.6) is 0 Å². The number of amides is 1. The molecule has 1 aromatic rings. The lowest BCUT2D eigenvalue weighted by molar-refractivity contribution is -0.138. The molecule has 2 N–H and O–H groups in total. The van der Waals surface area contributed by atoms with E-state index < -0.39 is 5.60 Å². The zero-order chi connectivity index (χ0) is 14.1. The van der Waals surface area contributed by atoms with Gasteiger partial charge in [0, 0.05) is 4.88 Å². The van der Waals surface area contributed by atoms with Gasteiger partial charge in [-0.2, -0.15) is 0 Å². The molecule has 4 nitrogen and oxygen atoms in total. The minimum absolute atomic E-state index is 0.0283. The maximum absolute atomic E-state index is 12.3. The smallest absolute Gasteiger partial charge is 0.240 e. The molecule has 0 radical (unpaired) electrons. The van der Waals surface area contributed by atoms with Gasteiger partial charge in [-0.15, -0.1) is 11.3 Å². The Bertz CT molecular complexity index is 436. The molecule has 1 aliphatic carbocycles. The highest BCUT2D eigenvalue weighted by Crippen LogP contribution is 2.36. The third-order valence-electron chi connectivity index (χ3n) is 4.10. The number of likely N-dealkylation sites (N-methyl/N-ethyl adjacent to an activating group) is 1. The number of thiophene rings is 1. The quantitative estimate of drug-likeness (QED) is 0.861. The van der Waals surface area contributed by atoms with Crippen LogP contribution in [-0.4, -0.2) is 42.1 Å². The number of rotatable bonds is 5. The Morgan fingerprint density at radius 3 is 2.68 bits per heavy atom. The van der Waals surface area contributed by atoms with Crippen molar-refractivity contribution >= 4 is 17.2 Å². The number of hydrogen-bond acceptors (Lipinski definition) is 4. The van der Waals surface area contributed by atoms with Crippen LogP contribution in [0.4, 0.5) is 0 Å². The average molecular weight is 282 g/mol. The summed E-state index contributed by atoms with van der Waals surface area (Å²) in [4.78, 5) is 15.2. The molecule has 1 amide bonds. The zero-order valence-electron chi connectivity index (χ0n) is 11.8. The second-order valence-corrected chi connectivity index (χ2v) is 6.66. The Morgan fingerprint density at radius 2 is 2.26 bits per heavy atom. The van der Waals surface area contributed by atoms with Crippen molar-refractivity contribution < 1.29 is 9.90 Å². The fourth-order valence-corrected chi connectivity index (χ4v) is 3.27. The van der Waals surface area contributed by atoms with Gasteiger partial charge in [-0.1, -0.05) is 6.07 Å². The molecule has 1 saturated carbocycles. The minimum Gasteiger partial charge on any atom is -0.383 e. The predicted molar refractivity (Wildman–Crippen MR) is 77.2 cm³/mol. The van der Waals surface area contributed by atoms with Crippen molar-refractivity contribution in [1.29, 1.82) is 0 Å². The van der Waals surface area contributed by atoms with E-state index in [-0.39, 0.29) is 18.0 Å². The fraction of sp³-hybridized carbons (Fsp3) is 0.643. The van der Waals surface area contributed by atoms with E-state index in [1.54, 1.807) is 6.92 Å². The van der Waals surface area contributed by atoms with Crippen molar-refractivity contribution in [2.75, 3.05) is 20.6 Å². The first-order valence-corrected chi connectivity index (χ1v) is 7.48. The molecule has 1 heterocycles. The Balaban J connectivity index is 1.97. The first kappa shape index (κ1) is 14.5. The first-order valence-electron chi connectivity index (χ1n) is 6.61. The Labute approximate surface area is 118 Å². The van der Waals surface area contributed by atoms with Crippen LogP contribution in [0, 0.1) is 0 Å². The van der Waals surface area contributed by atoms with Crippen molar-refractivity contribution in [1.82, 2.24) is 10.2 Å². The summed E-state index contributed by atoms with van der Waals surface area (Å²) < 4.78 is 0. The molecular formula is C14H22N2O2S. The van der Waals surface area contributed by atoms with Gasteiger partial charge in [0.25, 0.3) is 0 Å². The van der Waals surface area contributed by atoms with Crippen molar-refractivity contribution in [2.45, 2.75) is 37.3 Å². The van der Waals surface area contributed by atoms with Crippen LogP contribution in [0.2, 0.25) is 0 Å². The van der Waals surface area contributed by atoms with Crippen LogP contribution in [0.25, 0.3) is 0 Å². The van der Waals surface area contributed by atoms with Gasteiger partial charge in [0.15, 0.2) is 0 Å². The SMILES string of the molecule is CN(C)C1(C(=O)NCC(C)(O)c2cccs2)CCC1. The Kier molecular flexibility index (Phi) is 3.99. The molecule has 0 spiro atoms. The monoisotopic (exact) mass is 282 g/mol. The Morgan fingerprint density at radius 1 is 1.58 bits per heavy atom. The number of carbonyl (C=O) groups excluding carboxylic acids is 1. The van der Waals surface area contributed by atoms with E-state index in [0.717, 1.165) is 24.1 Å². The summed E-state index contributed by atoms with van der Waals surface area (Å²) in [6.07, 6.45) is 2.88. The molecule has 1 unspecified atom stereocenters. The second-order valence-electron chi connectivity index (χ2n) is 5.71. The van der Waals surface area contributed by atoms with Gasteiger partial charge in [-0.05, 0) is 51.7 Å². The Hall–Kier alpha value is -0.910. The third-order valence-corrected chi connectivity index (χ3v) is 5.23. The van der Waals surface area contributed by atoms with Gasteiger partial charge in [0.05, 0.1) is 12.1 Å². The molecule has 0 saturated heterocycles. The summed E-state index contributed by atoms with van der Waals surface area (Å²) in [5.74, 6) is 0.0283. The predicted octanol–water partition coefficient (Wildman–Crippen LogP) is 1.56. The highest BCUT2D eigenvalue weighted by atomic mass is 32.1. The van der Waals surface area contributed by atoms with Crippen LogP contribution in [0.1, 0.15) is 31.1 Å². The number of carbonyl (C=O) groups is 1. The molecule has 1 aromatic heterocycles. The molecule has 0 aromatic carbocycles. The molecule has 0 bridgehead atoms. The average Bonchev–Trinajstić information content (AvgIpc) is 2.78. The highest BCUT2D eigenvalue weighted by molar-refractivity contribution is 7.10. The lowest BCUT2D eigenvalue weighted by Gasteiger charge is -2.45. The summed E-state index contributed by atoms with van der Waals surface area (Å²) in [5, 5.41) is 15.2. The lowest BCUT2D eigenvalue weighted by Crippen LogP contribution is -2.61. The second kappa shape index (κ2) is 5.23. The van der Waals surface area contributed by atoms with E-state index in [2.05, 4.69) is 5.32 Å². The first-order chi connectivity index (χ1) is 8.88. The van der Waals surface area contributed by atoms with E-state index in [1.807, 2.05) is 36.5 Å². The van der Waals surface area contributed by atoms with E-state index >= 15 is 0 Å². The van der Waals surface area contributed by atoms with Crippen molar-refractivity contribution in [3.8, 4) is 0 Å². The molecular weight excluding hydrogens is 260 g/mol. The largest absolute Gasteiger partial charge is 0.383 e. The van der Waals surface area contributed by atoms with E-state index in [0.29, 0.717) is 0 Å². The maximum Gasteiger partial charge on any atom is 0.240 e. The number of aliphatic hydroxyl groups is 1. The molecule has 1 atom stereocenters. The molecule has 106 valence electrons. The minimum atomic E-state index is -0.999. The van der Waals surface area contributed by atoms with Gasteiger partial charge in [0.2, 0.25) is 5.91 Å². The lowest BCUT2D eigenvalue weighted by atomic mass is 9.75. The number of nitrogens with one attached hydrogen (secondary N) is 1. The van der Waals surface area contributed by atoms with Crippen LogP contribution in [0.15, 0.2) is 17.5 Å². The van der Waals surface area contributed by atoms with Crippen molar-refractivity contribution in [3.05, 3.63) is 22.4 Å². The van der Waals surface area contributed by atoms with E-state index in [9.17, 15) is 9.90 Å². The zero-order valence-corrected chi connectivity index (χ0v) is 12.6. The van der Waals surface area contributed by atoms with Gasteiger partial charge in [-0.3, -0.25) is 9.69 Å². The molecule has 19 heavy (non-hydrogen) atoms. The molecule has 1 fully saturated rings. The van der Waals surface area contributed by atoms with Crippen LogP contribution in [-0.2, 0) is 10.4 Å². The summed E-state index contributed by atoms with van der Waals surface area (Å²) in [7, 11) is 3.88.